The summed E-state index contributed by atoms with van der Waals surface area (Å²) in [6.45, 7) is 8.13. The molecule has 1 aliphatic rings. The topological polar surface area (TPSA) is 114 Å². The number of imidazole rings is 1. The fraction of sp³-hybridized carbons (Fsp3) is 0.286. The van der Waals surface area contributed by atoms with Crippen molar-refractivity contribution in [1.82, 2.24) is 29.9 Å². The molecule has 0 aliphatic carbocycles. The molecule has 4 heterocycles. The first-order valence-corrected chi connectivity index (χ1v) is 10.1. The van der Waals surface area contributed by atoms with Gasteiger partial charge < -0.3 is 10.2 Å². The zero-order valence-corrected chi connectivity index (χ0v) is 17.6. The van der Waals surface area contributed by atoms with Crippen LogP contribution in [0, 0.1) is 6.92 Å². The maximum atomic E-state index is 10.9. The summed E-state index contributed by atoms with van der Waals surface area (Å²) in [6, 6.07) is 3.91. The average Bonchev–Trinajstić information content (AvgIpc) is 3.35. The lowest BCUT2D eigenvalue weighted by Crippen LogP contribution is -2.26. The summed E-state index contributed by atoms with van der Waals surface area (Å²) in [5.41, 5.74) is 4.07. The van der Waals surface area contributed by atoms with E-state index in [1.165, 1.54) is 0 Å². The zero-order valence-electron chi connectivity index (χ0n) is 17.6. The number of carbonyl (C=O) groups is 1. The van der Waals surface area contributed by atoms with E-state index in [9.17, 15) is 4.79 Å². The number of hydrogen-bond donors (Lipinski definition) is 1. The largest absolute Gasteiger partial charge is 0.357 e. The van der Waals surface area contributed by atoms with Gasteiger partial charge >= 0.3 is 0 Å². The van der Waals surface area contributed by atoms with Crippen LogP contribution >= 0.6 is 0 Å². The number of hydrogen-bond acceptors (Lipinski definition) is 8. The van der Waals surface area contributed by atoms with Crippen molar-refractivity contribution in [3.8, 4) is 11.4 Å². The molecule has 10 nitrogen and oxygen atoms in total. The summed E-state index contributed by atoms with van der Waals surface area (Å²) < 4.78 is 1.68. The quantitative estimate of drug-likeness (QED) is 0.561. The molecule has 0 saturated heterocycles. The summed E-state index contributed by atoms with van der Waals surface area (Å²) in [5.74, 6) is 1.50. The summed E-state index contributed by atoms with van der Waals surface area (Å²) in [7, 11) is 0. The minimum Gasteiger partial charge on any atom is -0.357 e. The van der Waals surface area contributed by atoms with E-state index in [0.717, 1.165) is 30.3 Å². The molecule has 1 aliphatic heterocycles. The highest BCUT2D eigenvalue weighted by molar-refractivity contribution is 6.50. The van der Waals surface area contributed by atoms with Crippen molar-refractivity contribution in [2.24, 2.45) is 10.1 Å². The van der Waals surface area contributed by atoms with Crippen LogP contribution in [0.3, 0.4) is 0 Å². The Morgan fingerprint density at radius 3 is 2.68 bits per heavy atom. The molecule has 158 valence electrons. The molecule has 3 aromatic rings. The molecule has 3 aromatic heterocycles. The molecule has 0 bridgehead atoms. The fourth-order valence-electron chi connectivity index (χ4n) is 3.39. The van der Waals surface area contributed by atoms with Crippen molar-refractivity contribution >= 4 is 29.3 Å². The van der Waals surface area contributed by atoms with Crippen molar-refractivity contribution in [3.05, 3.63) is 48.4 Å². The highest BCUT2D eigenvalue weighted by Gasteiger charge is 2.28. The SMILES string of the molecule is CCN(CC)c1ccc(/N=C2/C(CNC=O)=Nn3c(-c4cnccn4)cnc32)c(C)n1. The van der Waals surface area contributed by atoms with Gasteiger partial charge in [-0.2, -0.15) is 5.10 Å². The number of anilines is 1. The lowest BCUT2D eigenvalue weighted by atomic mass is 10.2. The zero-order chi connectivity index (χ0) is 21.8. The third-order valence-electron chi connectivity index (χ3n) is 4.99. The average molecular weight is 417 g/mol. The van der Waals surface area contributed by atoms with Gasteiger partial charge in [-0.3, -0.25) is 14.8 Å². The summed E-state index contributed by atoms with van der Waals surface area (Å²) in [6.07, 6.45) is 7.20. The first kappa shape index (κ1) is 20.3. The number of nitrogens with one attached hydrogen (secondary N) is 1. The maximum absolute atomic E-state index is 10.9. The summed E-state index contributed by atoms with van der Waals surface area (Å²) in [4.78, 5) is 35.6. The van der Waals surface area contributed by atoms with Crippen LogP contribution in [0.2, 0.25) is 0 Å². The molecule has 1 amide bonds. The second-order valence-corrected chi connectivity index (χ2v) is 6.82. The Balaban J connectivity index is 1.76. The van der Waals surface area contributed by atoms with Crippen LogP contribution < -0.4 is 10.2 Å². The van der Waals surface area contributed by atoms with Gasteiger partial charge in [0, 0.05) is 25.5 Å². The van der Waals surface area contributed by atoms with E-state index >= 15 is 0 Å². The molecule has 0 atom stereocenters. The fourth-order valence-corrected chi connectivity index (χ4v) is 3.39. The molecule has 0 radical (unpaired) electrons. The second kappa shape index (κ2) is 8.82. The minimum absolute atomic E-state index is 0.232. The van der Waals surface area contributed by atoms with Gasteiger partial charge in [0.05, 0.1) is 30.3 Å². The van der Waals surface area contributed by atoms with Gasteiger partial charge in [0.15, 0.2) is 5.82 Å². The van der Waals surface area contributed by atoms with E-state index in [1.807, 2.05) is 19.1 Å². The third kappa shape index (κ3) is 3.91. The molecule has 4 rings (SSSR count). The number of rotatable bonds is 8. The Labute approximate surface area is 179 Å². The van der Waals surface area contributed by atoms with E-state index in [0.29, 0.717) is 35.0 Å². The molecular weight excluding hydrogens is 394 g/mol. The number of amides is 1. The van der Waals surface area contributed by atoms with E-state index in [2.05, 4.69) is 44.1 Å². The molecule has 31 heavy (non-hydrogen) atoms. The highest BCUT2D eigenvalue weighted by atomic mass is 16.1. The van der Waals surface area contributed by atoms with Gasteiger partial charge in [-0.25, -0.2) is 19.6 Å². The number of aliphatic imine (C=N–C) groups is 1. The normalized spacial score (nSPS) is 13.8. The van der Waals surface area contributed by atoms with Crippen LogP contribution in [0.1, 0.15) is 25.4 Å². The molecule has 0 spiro atoms. The van der Waals surface area contributed by atoms with Gasteiger partial charge in [0.25, 0.3) is 0 Å². The number of aryl methyl sites for hydroxylation is 1. The molecule has 0 aromatic carbocycles. The van der Waals surface area contributed by atoms with Crippen molar-refractivity contribution in [3.63, 3.8) is 0 Å². The maximum Gasteiger partial charge on any atom is 0.207 e. The van der Waals surface area contributed by atoms with Crippen molar-refractivity contribution in [2.75, 3.05) is 24.5 Å². The van der Waals surface area contributed by atoms with Crippen LogP contribution in [0.5, 0.6) is 0 Å². The summed E-state index contributed by atoms with van der Waals surface area (Å²) >= 11 is 0. The van der Waals surface area contributed by atoms with Crippen LogP contribution in [-0.2, 0) is 4.79 Å². The minimum atomic E-state index is 0.232. The molecule has 1 N–H and O–H groups in total. The number of pyridine rings is 1. The molecule has 0 saturated carbocycles. The Morgan fingerprint density at radius 2 is 2.00 bits per heavy atom. The second-order valence-electron chi connectivity index (χ2n) is 6.82. The standard InChI is InChI=1S/C21H23N9O/c1-4-29(5-2)19-7-6-15(14(3)26-19)27-20-17(11-23-13-31)28-30-18(12-25-21(20)30)16-10-22-8-9-24-16/h6-10,12-13H,4-5,11H2,1-3H3,(H,23,31)/b27-20-. The van der Waals surface area contributed by atoms with Gasteiger partial charge in [0.2, 0.25) is 6.41 Å². The molecule has 0 fully saturated rings. The van der Waals surface area contributed by atoms with Crippen molar-refractivity contribution in [2.45, 2.75) is 20.8 Å². The smallest absolute Gasteiger partial charge is 0.207 e. The Kier molecular flexibility index (Phi) is 5.78. The van der Waals surface area contributed by atoms with Gasteiger partial charge in [-0.1, -0.05) is 0 Å². The van der Waals surface area contributed by atoms with E-state index < -0.39 is 0 Å². The predicted octanol–water partition coefficient (Wildman–Crippen LogP) is 1.97. The van der Waals surface area contributed by atoms with Crippen molar-refractivity contribution < 1.29 is 4.79 Å². The van der Waals surface area contributed by atoms with Gasteiger partial charge in [-0.15, -0.1) is 0 Å². The molecule has 0 unspecified atom stereocenters. The monoisotopic (exact) mass is 417 g/mol. The lowest BCUT2D eigenvalue weighted by molar-refractivity contribution is -0.109. The summed E-state index contributed by atoms with van der Waals surface area (Å²) in [5, 5.41) is 7.29. The number of fused-ring (bicyclic) bond motifs is 1. The van der Waals surface area contributed by atoms with Crippen LogP contribution in [0.4, 0.5) is 11.5 Å². The first-order chi connectivity index (χ1) is 15.2. The molecule has 10 heteroatoms. The van der Waals surface area contributed by atoms with E-state index in [-0.39, 0.29) is 6.54 Å². The Bertz CT molecular complexity index is 1150. The number of carbonyl (C=O) groups excluding carboxylic acids is 1. The predicted molar refractivity (Wildman–Crippen MR) is 119 cm³/mol. The number of aromatic nitrogens is 5. The number of nitrogens with zero attached hydrogens (tertiary/aromatic N) is 8. The van der Waals surface area contributed by atoms with Crippen LogP contribution in [0.25, 0.3) is 11.4 Å². The first-order valence-electron chi connectivity index (χ1n) is 10.1. The highest BCUT2D eigenvalue weighted by Crippen LogP contribution is 2.26. The van der Waals surface area contributed by atoms with E-state index in [1.54, 1.807) is 29.5 Å². The van der Waals surface area contributed by atoms with Gasteiger partial charge in [-0.05, 0) is 32.9 Å². The lowest BCUT2D eigenvalue weighted by Gasteiger charge is -2.20. The van der Waals surface area contributed by atoms with E-state index in [4.69, 9.17) is 9.98 Å². The Hall–Kier alpha value is -3.95. The third-order valence-corrected chi connectivity index (χ3v) is 4.99. The van der Waals surface area contributed by atoms with Gasteiger partial charge in [0.1, 0.15) is 28.6 Å². The molecular formula is C21H23N9O. The van der Waals surface area contributed by atoms with Crippen molar-refractivity contribution in [1.29, 1.82) is 0 Å². The van der Waals surface area contributed by atoms with Crippen LogP contribution in [0.15, 0.2) is 47.0 Å². The Morgan fingerprint density at radius 1 is 1.16 bits per heavy atom. The van der Waals surface area contributed by atoms with Crippen LogP contribution in [-0.4, -0.2) is 62.1 Å².